The zero-order chi connectivity index (χ0) is 24.6. The minimum atomic E-state index is -5.08. The molecule has 0 saturated carbocycles. The lowest BCUT2D eigenvalue weighted by Gasteiger charge is -2.31. The van der Waals surface area contributed by atoms with Crippen molar-refractivity contribution in [1.29, 1.82) is 0 Å². The van der Waals surface area contributed by atoms with Crippen LogP contribution >= 0.6 is 11.3 Å². The summed E-state index contributed by atoms with van der Waals surface area (Å²) in [5.41, 5.74) is 1.17. The number of hydrogen-bond acceptors (Lipinski definition) is 7. The normalized spacial score (nSPS) is 16.3. The van der Waals surface area contributed by atoms with Crippen molar-refractivity contribution in [3.63, 3.8) is 0 Å². The number of carboxylic acids is 2. The summed E-state index contributed by atoms with van der Waals surface area (Å²) >= 11 is 1.50. The molecule has 1 aromatic heterocycles. The summed E-state index contributed by atoms with van der Waals surface area (Å²) in [6.45, 7) is 2.40. The maximum atomic E-state index is 12.3. The lowest BCUT2D eigenvalue weighted by molar-refractivity contribution is -0.192. The van der Waals surface area contributed by atoms with Crippen LogP contribution in [0.25, 0.3) is 0 Å². The molecule has 1 saturated heterocycles. The third-order valence-electron chi connectivity index (χ3n) is 4.84. The first-order valence-electron chi connectivity index (χ1n) is 9.99. The summed E-state index contributed by atoms with van der Waals surface area (Å²) < 4.78 is 37.0. The van der Waals surface area contributed by atoms with E-state index in [0.717, 1.165) is 19.5 Å². The zero-order valence-corrected chi connectivity index (χ0v) is 18.3. The Labute approximate surface area is 190 Å². The van der Waals surface area contributed by atoms with Gasteiger partial charge in [-0.15, -0.1) is 11.3 Å². The second-order valence-corrected chi connectivity index (χ2v) is 8.39. The van der Waals surface area contributed by atoms with E-state index >= 15 is 0 Å². The van der Waals surface area contributed by atoms with Crippen LogP contribution in [0.4, 0.5) is 13.2 Å². The van der Waals surface area contributed by atoms with Crippen molar-refractivity contribution in [2.24, 2.45) is 0 Å². The van der Waals surface area contributed by atoms with Gasteiger partial charge >= 0.3 is 18.1 Å². The molecule has 2 amide bonds. The largest absolute Gasteiger partial charge is 0.490 e. The van der Waals surface area contributed by atoms with Crippen molar-refractivity contribution in [2.45, 2.75) is 38.1 Å². The van der Waals surface area contributed by atoms with Gasteiger partial charge in [-0.3, -0.25) is 9.59 Å². The molecule has 1 fully saturated rings. The fourth-order valence-corrected chi connectivity index (χ4v) is 4.28. The van der Waals surface area contributed by atoms with Gasteiger partial charge in [0.25, 0.3) is 5.91 Å². The Kier molecular flexibility index (Phi) is 9.61. The second-order valence-electron chi connectivity index (χ2n) is 7.26. The molecule has 1 aromatic rings. The highest BCUT2D eigenvalue weighted by Gasteiger charge is 2.38. The number of alkyl halides is 3. The van der Waals surface area contributed by atoms with Crippen LogP contribution in [0.3, 0.4) is 0 Å². The predicted octanol–water partition coefficient (Wildman–Crippen LogP) is 0.849. The van der Waals surface area contributed by atoms with E-state index in [-0.39, 0.29) is 31.1 Å². The van der Waals surface area contributed by atoms with E-state index in [9.17, 15) is 27.6 Å². The van der Waals surface area contributed by atoms with Gasteiger partial charge in [-0.05, 0) is 30.9 Å². The Morgan fingerprint density at radius 3 is 2.39 bits per heavy atom. The van der Waals surface area contributed by atoms with Gasteiger partial charge in [-0.2, -0.15) is 13.2 Å². The van der Waals surface area contributed by atoms with Gasteiger partial charge in [0.1, 0.15) is 6.61 Å². The number of rotatable bonds is 6. The van der Waals surface area contributed by atoms with Crippen LogP contribution in [0.15, 0.2) is 6.07 Å². The van der Waals surface area contributed by atoms with E-state index in [1.165, 1.54) is 21.8 Å². The highest BCUT2D eigenvalue weighted by Crippen LogP contribution is 2.25. The Morgan fingerprint density at radius 1 is 1.21 bits per heavy atom. The number of nitrogens with one attached hydrogen (secondary N) is 2. The number of thiophene rings is 1. The highest BCUT2D eigenvalue weighted by atomic mass is 32.1. The minimum Gasteiger partial charge on any atom is -0.480 e. The summed E-state index contributed by atoms with van der Waals surface area (Å²) in [5, 5.41) is 21.7. The predicted molar refractivity (Wildman–Crippen MR) is 109 cm³/mol. The summed E-state index contributed by atoms with van der Waals surface area (Å²) in [6, 6.07) is 1.90. The maximum absolute atomic E-state index is 12.3. The highest BCUT2D eigenvalue weighted by molar-refractivity contribution is 7.14. The molecule has 4 N–H and O–H groups in total. The molecule has 3 rings (SSSR count). The van der Waals surface area contributed by atoms with Crippen LogP contribution in [-0.2, 0) is 32.1 Å². The standard InChI is InChI=1S/C17H23N3O5S.C2HF3O2/c21-15(20-5-2-12(3-6-20)25-10-16(22)23)9-19-17(24)14-7-11-8-18-4-1-13(11)26-14;3-2(4,5)1(6)7/h7,12,18H,1-6,8-10H2,(H,19,24)(H,22,23);(H,6,7). The zero-order valence-electron chi connectivity index (χ0n) is 17.4. The van der Waals surface area contributed by atoms with Crippen LogP contribution < -0.4 is 10.6 Å². The molecule has 2 aliphatic heterocycles. The molecule has 2 aliphatic rings. The number of likely N-dealkylation sites (tertiary alicyclic amines) is 1. The number of amides is 2. The smallest absolute Gasteiger partial charge is 0.480 e. The Morgan fingerprint density at radius 2 is 1.85 bits per heavy atom. The number of halogens is 3. The van der Waals surface area contributed by atoms with Crippen LogP contribution in [0.5, 0.6) is 0 Å². The van der Waals surface area contributed by atoms with Gasteiger partial charge in [-0.1, -0.05) is 0 Å². The van der Waals surface area contributed by atoms with Crippen molar-refractivity contribution in [3.05, 3.63) is 21.4 Å². The molecular formula is C19H24F3N3O7S. The van der Waals surface area contributed by atoms with E-state index in [1.807, 2.05) is 6.07 Å². The van der Waals surface area contributed by atoms with E-state index in [2.05, 4.69) is 10.6 Å². The van der Waals surface area contributed by atoms with E-state index in [4.69, 9.17) is 19.7 Å². The van der Waals surface area contributed by atoms with Crippen LogP contribution in [0, 0.1) is 0 Å². The SMILES string of the molecule is O=C(O)C(F)(F)F.O=C(O)COC1CCN(C(=O)CNC(=O)c2cc3c(s2)CCNC3)CC1. The molecule has 14 heteroatoms. The van der Waals surface area contributed by atoms with Crippen molar-refractivity contribution < 1.29 is 47.3 Å². The summed E-state index contributed by atoms with van der Waals surface area (Å²) in [4.78, 5) is 47.5. The molecule has 10 nitrogen and oxygen atoms in total. The molecule has 33 heavy (non-hydrogen) atoms. The topological polar surface area (TPSA) is 145 Å². The van der Waals surface area contributed by atoms with Gasteiger partial charge in [-0.25, -0.2) is 9.59 Å². The molecule has 0 unspecified atom stereocenters. The summed E-state index contributed by atoms with van der Waals surface area (Å²) in [5.74, 6) is -4.08. The molecular weight excluding hydrogens is 471 g/mol. The van der Waals surface area contributed by atoms with Crippen LogP contribution in [0.2, 0.25) is 0 Å². The lowest BCUT2D eigenvalue weighted by atomic mass is 10.1. The lowest BCUT2D eigenvalue weighted by Crippen LogP contribution is -2.45. The minimum absolute atomic E-state index is 0.0275. The number of fused-ring (bicyclic) bond motifs is 1. The number of aliphatic carboxylic acids is 2. The molecule has 0 atom stereocenters. The molecule has 0 radical (unpaired) electrons. The molecule has 3 heterocycles. The van der Waals surface area contributed by atoms with Gasteiger partial charge in [0, 0.05) is 31.1 Å². The first kappa shape index (κ1) is 26.5. The van der Waals surface area contributed by atoms with Crippen molar-refractivity contribution >= 4 is 35.1 Å². The third-order valence-corrected chi connectivity index (χ3v) is 6.08. The Hall–Kier alpha value is -2.71. The van der Waals surface area contributed by atoms with E-state index in [1.54, 1.807) is 4.90 Å². The summed E-state index contributed by atoms with van der Waals surface area (Å²) in [6.07, 6.45) is -3.06. The second kappa shape index (κ2) is 12.0. The Bertz CT molecular complexity index is 844. The number of hydrogen-bond donors (Lipinski definition) is 4. The van der Waals surface area contributed by atoms with Crippen LogP contribution in [0.1, 0.15) is 33.0 Å². The van der Waals surface area contributed by atoms with Crippen molar-refractivity contribution in [1.82, 2.24) is 15.5 Å². The average Bonchev–Trinajstić information content (AvgIpc) is 3.20. The van der Waals surface area contributed by atoms with Crippen molar-refractivity contribution in [2.75, 3.05) is 32.8 Å². The molecule has 184 valence electrons. The molecule has 0 aromatic carbocycles. The first-order valence-corrected chi connectivity index (χ1v) is 10.8. The third kappa shape index (κ3) is 8.63. The quantitative estimate of drug-likeness (QED) is 0.455. The maximum Gasteiger partial charge on any atom is 0.490 e. The molecule has 0 aliphatic carbocycles. The number of carbonyl (C=O) groups excluding carboxylic acids is 2. The number of carbonyl (C=O) groups is 4. The number of carboxylic acid groups (broad SMARTS) is 2. The van der Waals surface area contributed by atoms with Gasteiger partial charge in [0.05, 0.1) is 17.5 Å². The molecule has 0 spiro atoms. The number of piperidine rings is 1. The first-order chi connectivity index (χ1) is 15.5. The fraction of sp³-hybridized carbons (Fsp3) is 0.579. The van der Waals surface area contributed by atoms with E-state index < -0.39 is 18.1 Å². The monoisotopic (exact) mass is 495 g/mol. The van der Waals surface area contributed by atoms with Crippen molar-refractivity contribution in [3.8, 4) is 0 Å². The van der Waals surface area contributed by atoms with Gasteiger partial charge < -0.3 is 30.5 Å². The van der Waals surface area contributed by atoms with E-state index in [0.29, 0.717) is 30.8 Å². The van der Waals surface area contributed by atoms with Crippen LogP contribution in [-0.4, -0.2) is 83.9 Å². The summed E-state index contributed by atoms with van der Waals surface area (Å²) in [7, 11) is 0. The average molecular weight is 495 g/mol. The fourth-order valence-electron chi connectivity index (χ4n) is 3.18. The van der Waals surface area contributed by atoms with Gasteiger partial charge in [0.15, 0.2) is 0 Å². The molecule has 0 bridgehead atoms. The number of ether oxygens (including phenoxy) is 1. The Balaban J connectivity index is 0.000000479. The van der Waals surface area contributed by atoms with Gasteiger partial charge in [0.2, 0.25) is 5.91 Å². The number of nitrogens with zero attached hydrogens (tertiary/aromatic N) is 1.